The van der Waals surface area contributed by atoms with Crippen LogP contribution in [0.15, 0.2) is 78.9 Å². The van der Waals surface area contributed by atoms with E-state index in [1.807, 2.05) is 66.7 Å². The highest BCUT2D eigenvalue weighted by Gasteiger charge is 2.30. The van der Waals surface area contributed by atoms with E-state index in [1.54, 1.807) is 24.1 Å². The molecular formula is C29H33ClN2O3. The maximum absolute atomic E-state index is 13.7. The van der Waals surface area contributed by atoms with Crippen LogP contribution in [-0.2, 0) is 29.0 Å². The quantitative estimate of drug-likeness (QED) is 0.342. The summed E-state index contributed by atoms with van der Waals surface area (Å²) in [6.45, 7) is 2.96. The van der Waals surface area contributed by atoms with Gasteiger partial charge in [-0.2, -0.15) is 0 Å². The second-order valence-corrected chi connectivity index (χ2v) is 8.96. The minimum atomic E-state index is -0.653. The van der Waals surface area contributed by atoms with Crippen molar-refractivity contribution in [3.63, 3.8) is 0 Å². The van der Waals surface area contributed by atoms with E-state index in [0.717, 1.165) is 29.5 Å². The Hall–Kier alpha value is -3.31. The summed E-state index contributed by atoms with van der Waals surface area (Å²) >= 11 is 6.03. The normalized spacial score (nSPS) is 11.5. The van der Waals surface area contributed by atoms with Crippen LogP contribution in [0.4, 0.5) is 0 Å². The van der Waals surface area contributed by atoms with Crippen molar-refractivity contribution in [2.75, 3.05) is 13.7 Å². The number of carbonyl (C=O) groups is 2. The molecule has 0 aliphatic rings. The summed E-state index contributed by atoms with van der Waals surface area (Å²) in [5, 5.41) is 3.66. The number of rotatable bonds is 12. The van der Waals surface area contributed by atoms with Crippen LogP contribution in [-0.4, -0.2) is 36.4 Å². The SMILES string of the molecule is CCCCNC(=O)C(Cc1ccccc1)N(Cc1cccc(OC)c1)C(=O)Cc1ccc(Cl)cc1. The van der Waals surface area contributed by atoms with Crippen molar-refractivity contribution < 1.29 is 14.3 Å². The predicted molar refractivity (Wildman–Crippen MR) is 141 cm³/mol. The third kappa shape index (κ3) is 8.15. The average Bonchev–Trinajstić information content (AvgIpc) is 2.88. The Morgan fingerprint density at radius 1 is 0.943 bits per heavy atom. The van der Waals surface area contributed by atoms with Gasteiger partial charge in [0, 0.05) is 24.5 Å². The fraction of sp³-hybridized carbons (Fsp3) is 0.310. The van der Waals surface area contributed by atoms with Crippen molar-refractivity contribution in [1.29, 1.82) is 0 Å². The first-order valence-corrected chi connectivity index (χ1v) is 12.4. The Kier molecular flexibility index (Phi) is 10.2. The zero-order valence-electron chi connectivity index (χ0n) is 20.4. The van der Waals surface area contributed by atoms with Gasteiger partial charge in [-0.25, -0.2) is 0 Å². The molecule has 0 aliphatic heterocycles. The van der Waals surface area contributed by atoms with Crippen LogP contribution in [0.5, 0.6) is 5.75 Å². The van der Waals surface area contributed by atoms with Gasteiger partial charge in [-0.3, -0.25) is 9.59 Å². The number of halogens is 1. The van der Waals surface area contributed by atoms with E-state index >= 15 is 0 Å². The summed E-state index contributed by atoms with van der Waals surface area (Å²) in [6.07, 6.45) is 2.47. The average molecular weight is 493 g/mol. The van der Waals surface area contributed by atoms with E-state index in [-0.39, 0.29) is 18.2 Å². The van der Waals surface area contributed by atoms with Crippen molar-refractivity contribution in [2.45, 2.75) is 45.2 Å². The van der Waals surface area contributed by atoms with Gasteiger partial charge in [0.05, 0.1) is 13.5 Å². The minimum absolute atomic E-state index is 0.123. The first-order valence-electron chi connectivity index (χ1n) is 12.0. The fourth-order valence-electron chi connectivity index (χ4n) is 3.91. The Morgan fingerprint density at radius 3 is 2.34 bits per heavy atom. The highest BCUT2D eigenvalue weighted by molar-refractivity contribution is 6.30. The number of amides is 2. The van der Waals surface area contributed by atoms with Crippen molar-refractivity contribution in [1.82, 2.24) is 10.2 Å². The maximum Gasteiger partial charge on any atom is 0.243 e. The summed E-state index contributed by atoms with van der Waals surface area (Å²) in [6, 6.07) is 24.0. The lowest BCUT2D eigenvalue weighted by molar-refractivity contribution is -0.140. The maximum atomic E-state index is 13.7. The molecule has 1 unspecified atom stereocenters. The third-order valence-corrected chi connectivity index (χ3v) is 6.11. The van der Waals surface area contributed by atoms with Crippen molar-refractivity contribution in [3.05, 3.63) is 101 Å². The first kappa shape index (κ1) is 26.3. The topological polar surface area (TPSA) is 58.6 Å². The summed E-state index contributed by atoms with van der Waals surface area (Å²) in [4.78, 5) is 28.8. The Labute approximate surface area is 213 Å². The molecule has 184 valence electrons. The number of methoxy groups -OCH3 is 1. The van der Waals surface area contributed by atoms with Crippen molar-refractivity contribution in [2.24, 2.45) is 0 Å². The van der Waals surface area contributed by atoms with Gasteiger partial charge in [0.15, 0.2) is 0 Å². The molecule has 0 bridgehead atoms. The molecule has 0 aliphatic carbocycles. The van der Waals surface area contributed by atoms with Crippen molar-refractivity contribution in [3.8, 4) is 5.75 Å². The van der Waals surface area contributed by atoms with E-state index < -0.39 is 6.04 Å². The highest BCUT2D eigenvalue weighted by atomic mass is 35.5. The number of unbranched alkanes of at least 4 members (excludes halogenated alkanes) is 1. The van der Waals surface area contributed by atoms with Crippen LogP contribution in [0.3, 0.4) is 0 Å². The molecule has 6 heteroatoms. The Morgan fingerprint density at radius 2 is 1.66 bits per heavy atom. The lowest BCUT2D eigenvalue weighted by Crippen LogP contribution is -2.51. The van der Waals surface area contributed by atoms with Crippen LogP contribution in [0.25, 0.3) is 0 Å². The van der Waals surface area contributed by atoms with Gasteiger partial charge in [0.25, 0.3) is 0 Å². The fourth-order valence-corrected chi connectivity index (χ4v) is 4.03. The number of nitrogens with zero attached hydrogens (tertiary/aromatic N) is 1. The number of carbonyl (C=O) groups excluding carboxylic acids is 2. The third-order valence-electron chi connectivity index (χ3n) is 5.86. The van der Waals surface area contributed by atoms with Crippen LogP contribution >= 0.6 is 11.6 Å². The van der Waals surface area contributed by atoms with Gasteiger partial charge in [-0.1, -0.05) is 79.5 Å². The minimum Gasteiger partial charge on any atom is -0.497 e. The highest BCUT2D eigenvalue weighted by Crippen LogP contribution is 2.20. The van der Waals surface area contributed by atoms with Gasteiger partial charge in [-0.05, 0) is 47.4 Å². The molecule has 3 aromatic rings. The van der Waals surface area contributed by atoms with E-state index in [1.165, 1.54) is 0 Å². The smallest absolute Gasteiger partial charge is 0.243 e. The summed E-state index contributed by atoms with van der Waals surface area (Å²) in [5.74, 6) is 0.441. The predicted octanol–water partition coefficient (Wildman–Crippen LogP) is 5.45. The zero-order valence-corrected chi connectivity index (χ0v) is 21.1. The monoisotopic (exact) mass is 492 g/mol. The molecular weight excluding hydrogens is 460 g/mol. The molecule has 0 spiro atoms. The van der Waals surface area contributed by atoms with Crippen LogP contribution in [0.1, 0.15) is 36.5 Å². The molecule has 3 aromatic carbocycles. The van der Waals surface area contributed by atoms with Gasteiger partial charge in [0.2, 0.25) is 11.8 Å². The van der Waals surface area contributed by atoms with Crippen LogP contribution in [0, 0.1) is 0 Å². The lowest BCUT2D eigenvalue weighted by atomic mass is 10.0. The van der Waals surface area contributed by atoms with E-state index in [2.05, 4.69) is 12.2 Å². The molecule has 0 heterocycles. The number of benzene rings is 3. The van der Waals surface area contributed by atoms with Crippen LogP contribution in [0.2, 0.25) is 5.02 Å². The van der Waals surface area contributed by atoms with Gasteiger partial charge < -0.3 is 15.0 Å². The zero-order chi connectivity index (χ0) is 25.0. The Bertz CT molecular complexity index is 1090. The molecule has 5 nitrogen and oxygen atoms in total. The van der Waals surface area contributed by atoms with Gasteiger partial charge >= 0.3 is 0 Å². The summed E-state index contributed by atoms with van der Waals surface area (Å²) < 4.78 is 5.38. The largest absolute Gasteiger partial charge is 0.497 e. The summed E-state index contributed by atoms with van der Waals surface area (Å²) in [5.41, 5.74) is 2.74. The standard InChI is InChI=1S/C29H33ClN2O3/c1-3-4-17-31-29(34)27(19-22-9-6-5-7-10-22)32(21-24-11-8-12-26(18-24)35-2)28(33)20-23-13-15-25(30)16-14-23/h5-16,18,27H,3-4,17,19-21H2,1-2H3,(H,31,34). The lowest BCUT2D eigenvalue weighted by Gasteiger charge is -2.32. The molecule has 1 N–H and O–H groups in total. The second kappa shape index (κ2) is 13.5. The van der Waals surface area contributed by atoms with E-state index in [4.69, 9.17) is 16.3 Å². The second-order valence-electron chi connectivity index (χ2n) is 8.53. The van der Waals surface area contributed by atoms with Crippen LogP contribution < -0.4 is 10.1 Å². The first-order chi connectivity index (χ1) is 17.0. The number of hydrogen-bond donors (Lipinski definition) is 1. The van der Waals surface area contributed by atoms with E-state index in [0.29, 0.717) is 30.3 Å². The number of nitrogens with one attached hydrogen (secondary N) is 1. The van der Waals surface area contributed by atoms with Gasteiger partial charge in [0.1, 0.15) is 11.8 Å². The molecule has 1 atom stereocenters. The molecule has 0 radical (unpaired) electrons. The summed E-state index contributed by atoms with van der Waals surface area (Å²) in [7, 11) is 1.61. The molecule has 2 amide bonds. The van der Waals surface area contributed by atoms with E-state index in [9.17, 15) is 9.59 Å². The molecule has 0 fully saturated rings. The van der Waals surface area contributed by atoms with Crippen molar-refractivity contribution >= 4 is 23.4 Å². The number of ether oxygens (including phenoxy) is 1. The molecule has 0 aromatic heterocycles. The Balaban J connectivity index is 1.94. The molecule has 35 heavy (non-hydrogen) atoms. The molecule has 3 rings (SSSR count). The molecule has 0 saturated heterocycles. The number of hydrogen-bond acceptors (Lipinski definition) is 3. The molecule has 0 saturated carbocycles. The van der Waals surface area contributed by atoms with Gasteiger partial charge in [-0.15, -0.1) is 0 Å².